The normalized spacial score (nSPS) is 16.5. The third-order valence-corrected chi connectivity index (χ3v) is 3.89. The van der Waals surface area contributed by atoms with Gasteiger partial charge in [-0.15, -0.1) is 0 Å². The van der Waals surface area contributed by atoms with Crippen LogP contribution in [0.4, 0.5) is 5.69 Å². The predicted octanol–water partition coefficient (Wildman–Crippen LogP) is 2.35. The van der Waals surface area contributed by atoms with Gasteiger partial charge in [-0.05, 0) is 44.7 Å². The molecule has 1 aliphatic carbocycles. The molecule has 2 rings (SSSR count). The van der Waals surface area contributed by atoms with Crippen molar-refractivity contribution in [1.29, 1.82) is 0 Å². The Balaban J connectivity index is 2.35. The highest BCUT2D eigenvalue weighted by molar-refractivity contribution is 6.00. The Morgan fingerprint density at radius 3 is 2.17 bits per heavy atom. The number of aliphatic hydroxyl groups excluding tert-OH is 1. The van der Waals surface area contributed by atoms with Gasteiger partial charge in [0.15, 0.2) is 0 Å². The number of benzene rings is 1. The summed E-state index contributed by atoms with van der Waals surface area (Å²) in [7, 11) is 1.81. The summed E-state index contributed by atoms with van der Waals surface area (Å²) < 4.78 is 0. The zero-order valence-corrected chi connectivity index (χ0v) is 11.6. The van der Waals surface area contributed by atoms with Crippen molar-refractivity contribution in [2.45, 2.75) is 33.6 Å². The fraction of sp³-hybridized carbons (Fsp3) is 0.533. The number of aryl methyl sites for hydroxylation is 3. The second-order valence-electron chi connectivity index (χ2n) is 5.55. The van der Waals surface area contributed by atoms with E-state index in [1.807, 2.05) is 20.9 Å². The number of rotatable bonds is 3. The number of hydrogen-bond acceptors (Lipinski definition) is 2. The molecule has 1 fully saturated rings. The van der Waals surface area contributed by atoms with Crippen LogP contribution >= 0.6 is 0 Å². The zero-order chi connectivity index (χ0) is 13.5. The molecule has 0 aliphatic heterocycles. The summed E-state index contributed by atoms with van der Waals surface area (Å²) in [5.41, 5.74) is 3.90. The molecule has 0 bridgehead atoms. The standard InChI is InChI=1S/C15H21NO2/c1-10-7-11(2)13(12(3)8-10)16(4)14(18)15(9-17)5-6-15/h7-8,17H,5-6,9H2,1-4H3. The van der Waals surface area contributed by atoms with E-state index in [1.165, 1.54) is 5.56 Å². The van der Waals surface area contributed by atoms with Gasteiger partial charge in [-0.3, -0.25) is 4.79 Å². The van der Waals surface area contributed by atoms with E-state index >= 15 is 0 Å². The molecular weight excluding hydrogens is 226 g/mol. The first-order valence-corrected chi connectivity index (χ1v) is 6.38. The van der Waals surface area contributed by atoms with Gasteiger partial charge in [0.25, 0.3) is 0 Å². The van der Waals surface area contributed by atoms with E-state index in [2.05, 4.69) is 19.1 Å². The molecule has 1 aromatic rings. The van der Waals surface area contributed by atoms with Crippen molar-refractivity contribution in [3.63, 3.8) is 0 Å². The summed E-state index contributed by atoms with van der Waals surface area (Å²) in [6.45, 7) is 6.07. The molecular formula is C15H21NO2. The number of hydrogen-bond donors (Lipinski definition) is 1. The van der Waals surface area contributed by atoms with Crippen molar-refractivity contribution in [2.75, 3.05) is 18.6 Å². The molecule has 0 aromatic heterocycles. The summed E-state index contributed by atoms with van der Waals surface area (Å²) in [5, 5.41) is 9.36. The van der Waals surface area contributed by atoms with Crippen molar-refractivity contribution in [1.82, 2.24) is 0 Å². The first kappa shape index (κ1) is 13.1. The maximum absolute atomic E-state index is 12.4. The molecule has 3 nitrogen and oxygen atoms in total. The highest BCUT2D eigenvalue weighted by atomic mass is 16.3. The van der Waals surface area contributed by atoms with Crippen LogP contribution in [0.1, 0.15) is 29.5 Å². The fourth-order valence-electron chi connectivity index (χ4n) is 2.75. The van der Waals surface area contributed by atoms with E-state index in [0.29, 0.717) is 0 Å². The van der Waals surface area contributed by atoms with Crippen molar-refractivity contribution < 1.29 is 9.90 Å². The minimum absolute atomic E-state index is 0.0415. The number of carbonyl (C=O) groups excluding carboxylic acids is 1. The first-order chi connectivity index (χ1) is 8.41. The van der Waals surface area contributed by atoms with Gasteiger partial charge in [-0.2, -0.15) is 0 Å². The molecule has 3 heteroatoms. The van der Waals surface area contributed by atoms with Crippen molar-refractivity contribution in [2.24, 2.45) is 5.41 Å². The molecule has 0 heterocycles. The molecule has 1 aliphatic rings. The van der Waals surface area contributed by atoms with Crippen molar-refractivity contribution in [3.8, 4) is 0 Å². The smallest absolute Gasteiger partial charge is 0.235 e. The van der Waals surface area contributed by atoms with Gasteiger partial charge in [0, 0.05) is 12.7 Å². The zero-order valence-electron chi connectivity index (χ0n) is 11.6. The Labute approximate surface area is 108 Å². The van der Waals surface area contributed by atoms with Crippen LogP contribution in [-0.2, 0) is 4.79 Å². The number of amides is 1. The van der Waals surface area contributed by atoms with Crippen LogP contribution in [0.5, 0.6) is 0 Å². The Morgan fingerprint density at radius 2 is 1.78 bits per heavy atom. The molecule has 0 spiro atoms. The highest BCUT2D eigenvalue weighted by Crippen LogP contribution is 2.47. The lowest BCUT2D eigenvalue weighted by atomic mass is 10.0. The summed E-state index contributed by atoms with van der Waals surface area (Å²) in [5.74, 6) is 0.0417. The minimum atomic E-state index is -0.501. The van der Waals surface area contributed by atoms with Gasteiger partial charge in [-0.25, -0.2) is 0 Å². The van der Waals surface area contributed by atoms with Gasteiger partial charge < -0.3 is 10.0 Å². The number of aliphatic hydroxyl groups is 1. The fourth-order valence-corrected chi connectivity index (χ4v) is 2.75. The van der Waals surface area contributed by atoms with E-state index in [0.717, 1.165) is 29.7 Å². The average Bonchev–Trinajstić information content (AvgIpc) is 3.07. The maximum Gasteiger partial charge on any atom is 0.235 e. The van der Waals surface area contributed by atoms with E-state index in [1.54, 1.807) is 4.90 Å². The van der Waals surface area contributed by atoms with Gasteiger partial charge in [-0.1, -0.05) is 17.7 Å². The van der Waals surface area contributed by atoms with Gasteiger partial charge in [0.05, 0.1) is 12.0 Å². The van der Waals surface area contributed by atoms with E-state index in [4.69, 9.17) is 0 Å². The molecule has 1 aromatic carbocycles. The third-order valence-electron chi connectivity index (χ3n) is 3.89. The Kier molecular flexibility index (Phi) is 3.20. The lowest BCUT2D eigenvalue weighted by molar-refractivity contribution is -0.124. The molecule has 0 radical (unpaired) electrons. The molecule has 1 saturated carbocycles. The van der Waals surface area contributed by atoms with Crippen LogP contribution < -0.4 is 4.90 Å². The first-order valence-electron chi connectivity index (χ1n) is 6.38. The van der Waals surface area contributed by atoms with Crippen LogP contribution in [0, 0.1) is 26.2 Å². The van der Waals surface area contributed by atoms with Gasteiger partial charge >= 0.3 is 0 Å². The van der Waals surface area contributed by atoms with E-state index < -0.39 is 5.41 Å². The third kappa shape index (κ3) is 2.03. The van der Waals surface area contributed by atoms with Gasteiger partial charge in [0.2, 0.25) is 5.91 Å². The van der Waals surface area contributed by atoms with Crippen LogP contribution in [0.2, 0.25) is 0 Å². The lowest BCUT2D eigenvalue weighted by Gasteiger charge is -2.26. The Morgan fingerprint density at radius 1 is 1.28 bits per heavy atom. The summed E-state index contributed by atoms with van der Waals surface area (Å²) in [6.07, 6.45) is 1.60. The largest absolute Gasteiger partial charge is 0.395 e. The Bertz CT molecular complexity index is 466. The topological polar surface area (TPSA) is 40.5 Å². The molecule has 0 saturated heterocycles. The number of nitrogens with zero attached hydrogens (tertiary/aromatic N) is 1. The number of carbonyl (C=O) groups is 1. The molecule has 0 unspecified atom stereocenters. The van der Waals surface area contributed by atoms with Crippen molar-refractivity contribution in [3.05, 3.63) is 28.8 Å². The maximum atomic E-state index is 12.4. The van der Waals surface area contributed by atoms with Gasteiger partial charge in [0.1, 0.15) is 0 Å². The predicted molar refractivity (Wildman–Crippen MR) is 72.8 cm³/mol. The van der Waals surface area contributed by atoms with Crippen molar-refractivity contribution >= 4 is 11.6 Å². The lowest BCUT2D eigenvalue weighted by Crippen LogP contribution is -2.36. The van der Waals surface area contributed by atoms with Crippen LogP contribution in [-0.4, -0.2) is 24.7 Å². The second-order valence-corrected chi connectivity index (χ2v) is 5.55. The minimum Gasteiger partial charge on any atom is -0.395 e. The van der Waals surface area contributed by atoms with E-state index in [-0.39, 0.29) is 12.5 Å². The molecule has 0 atom stereocenters. The average molecular weight is 247 g/mol. The quantitative estimate of drug-likeness (QED) is 0.890. The summed E-state index contributed by atoms with van der Waals surface area (Å²) >= 11 is 0. The van der Waals surface area contributed by atoms with E-state index in [9.17, 15) is 9.90 Å². The van der Waals surface area contributed by atoms with Crippen LogP contribution in [0.3, 0.4) is 0 Å². The number of anilines is 1. The monoisotopic (exact) mass is 247 g/mol. The summed E-state index contributed by atoms with van der Waals surface area (Å²) in [6, 6.07) is 4.18. The SMILES string of the molecule is Cc1cc(C)c(N(C)C(=O)C2(CO)CC2)c(C)c1. The highest BCUT2D eigenvalue weighted by Gasteiger charge is 2.51. The van der Waals surface area contributed by atoms with Crippen LogP contribution in [0.25, 0.3) is 0 Å². The molecule has 1 N–H and O–H groups in total. The molecule has 1 amide bonds. The summed E-state index contributed by atoms with van der Waals surface area (Å²) in [4.78, 5) is 14.1. The molecule has 18 heavy (non-hydrogen) atoms. The van der Waals surface area contributed by atoms with Crippen LogP contribution in [0.15, 0.2) is 12.1 Å². The Hall–Kier alpha value is -1.35. The second kappa shape index (κ2) is 4.39. The molecule has 98 valence electrons.